The van der Waals surface area contributed by atoms with Crippen molar-refractivity contribution in [1.29, 1.82) is 0 Å². The Hall–Kier alpha value is -1.60. The summed E-state index contributed by atoms with van der Waals surface area (Å²) in [6.45, 7) is 0. The second-order valence-electron chi connectivity index (χ2n) is 3.74. The van der Waals surface area contributed by atoms with Gasteiger partial charge in [0.2, 0.25) is 11.7 Å². The van der Waals surface area contributed by atoms with Crippen LogP contribution in [0.15, 0.2) is 22.7 Å². The van der Waals surface area contributed by atoms with Crippen molar-refractivity contribution in [1.82, 2.24) is 10.1 Å². The summed E-state index contributed by atoms with van der Waals surface area (Å²) >= 11 is 5.80. The molecule has 19 heavy (non-hydrogen) atoms. The second-order valence-corrected chi connectivity index (χ2v) is 4.15. The predicted octanol–water partition coefficient (Wildman–Crippen LogP) is 2.70. The van der Waals surface area contributed by atoms with Crippen LogP contribution in [0.2, 0.25) is 5.02 Å². The van der Waals surface area contributed by atoms with Gasteiger partial charge in [-0.25, -0.2) is 13.2 Å². The summed E-state index contributed by atoms with van der Waals surface area (Å²) in [6.07, 6.45) is -5.24. The van der Waals surface area contributed by atoms with Crippen LogP contribution in [-0.2, 0) is 6.42 Å². The summed E-state index contributed by atoms with van der Waals surface area (Å²) in [5.41, 5.74) is 0.310. The molecule has 0 spiro atoms. The highest BCUT2D eigenvalue weighted by molar-refractivity contribution is 6.33. The largest absolute Gasteiger partial charge is 0.387 e. The monoisotopic (exact) mass is 292 g/mol. The van der Waals surface area contributed by atoms with E-state index in [9.17, 15) is 13.2 Å². The fourth-order valence-corrected chi connectivity index (χ4v) is 1.64. The van der Waals surface area contributed by atoms with Crippen LogP contribution >= 0.6 is 11.6 Å². The number of nitrogens with zero attached hydrogens (tertiary/aromatic N) is 2. The van der Waals surface area contributed by atoms with Crippen LogP contribution in [0.4, 0.5) is 13.2 Å². The maximum Gasteiger partial charge on any atom is 0.264 e. The van der Waals surface area contributed by atoms with Gasteiger partial charge in [-0.2, -0.15) is 4.98 Å². The van der Waals surface area contributed by atoms with Crippen LogP contribution in [0, 0.1) is 5.82 Å². The minimum atomic E-state index is -2.90. The highest BCUT2D eigenvalue weighted by Gasteiger charge is 2.21. The van der Waals surface area contributed by atoms with Gasteiger partial charge in [0.05, 0.1) is 11.4 Å². The molecule has 1 aromatic heterocycles. The molecule has 1 atom stereocenters. The zero-order valence-electron chi connectivity index (χ0n) is 9.36. The Kier molecular flexibility index (Phi) is 4.06. The highest BCUT2D eigenvalue weighted by Crippen LogP contribution is 2.26. The molecular formula is C11H8ClF3N2O2. The Labute approximate surface area is 110 Å². The van der Waals surface area contributed by atoms with E-state index in [2.05, 4.69) is 10.1 Å². The lowest BCUT2D eigenvalue weighted by Crippen LogP contribution is -2.20. The topological polar surface area (TPSA) is 59.2 Å². The van der Waals surface area contributed by atoms with Crippen molar-refractivity contribution >= 4 is 11.6 Å². The zero-order chi connectivity index (χ0) is 14.0. The van der Waals surface area contributed by atoms with E-state index in [1.54, 1.807) is 0 Å². The third-order valence-electron chi connectivity index (χ3n) is 2.31. The van der Waals surface area contributed by atoms with Gasteiger partial charge in [0, 0.05) is 5.56 Å². The van der Waals surface area contributed by atoms with Crippen LogP contribution in [0.3, 0.4) is 0 Å². The van der Waals surface area contributed by atoms with E-state index in [0.29, 0.717) is 5.56 Å². The third kappa shape index (κ3) is 3.24. The number of alkyl halides is 2. The van der Waals surface area contributed by atoms with Crippen molar-refractivity contribution in [2.75, 3.05) is 0 Å². The molecule has 0 fully saturated rings. The van der Waals surface area contributed by atoms with Crippen LogP contribution in [0.1, 0.15) is 5.89 Å². The number of hydrogen-bond donors (Lipinski definition) is 1. The van der Waals surface area contributed by atoms with E-state index in [1.165, 1.54) is 6.07 Å². The number of halogens is 4. The van der Waals surface area contributed by atoms with Gasteiger partial charge in [-0.1, -0.05) is 16.8 Å². The van der Waals surface area contributed by atoms with E-state index < -0.39 is 24.8 Å². The molecule has 0 radical (unpaired) electrons. The lowest BCUT2D eigenvalue weighted by Gasteiger charge is -2.04. The lowest BCUT2D eigenvalue weighted by molar-refractivity contribution is -0.00754. The molecule has 1 heterocycles. The lowest BCUT2D eigenvalue weighted by atomic mass is 10.2. The Bertz CT molecular complexity index is 577. The third-order valence-corrected chi connectivity index (χ3v) is 2.63. The quantitative estimate of drug-likeness (QED) is 0.941. The summed E-state index contributed by atoms with van der Waals surface area (Å²) < 4.78 is 41.9. The average Bonchev–Trinajstić information content (AvgIpc) is 2.77. The number of aliphatic hydroxyl groups excluding tert-OH is 1. The Morgan fingerprint density at radius 2 is 2.11 bits per heavy atom. The van der Waals surface area contributed by atoms with Gasteiger partial charge in [0.1, 0.15) is 11.9 Å². The maximum absolute atomic E-state index is 12.9. The summed E-state index contributed by atoms with van der Waals surface area (Å²) in [7, 11) is 0. The Morgan fingerprint density at radius 3 is 2.74 bits per heavy atom. The fraction of sp³-hybridized carbons (Fsp3) is 0.273. The smallest absolute Gasteiger partial charge is 0.264 e. The van der Waals surface area contributed by atoms with Crippen molar-refractivity contribution in [3.63, 3.8) is 0 Å². The Balaban J connectivity index is 2.21. The van der Waals surface area contributed by atoms with Gasteiger partial charge in [0.25, 0.3) is 6.43 Å². The van der Waals surface area contributed by atoms with Gasteiger partial charge < -0.3 is 9.63 Å². The van der Waals surface area contributed by atoms with Crippen molar-refractivity contribution in [2.45, 2.75) is 19.0 Å². The molecule has 0 saturated carbocycles. The van der Waals surface area contributed by atoms with Crippen molar-refractivity contribution in [3.05, 3.63) is 34.9 Å². The SMILES string of the molecule is OC(Cc1nc(-c2ccc(F)cc2Cl)no1)C(F)F. The van der Waals surface area contributed by atoms with Crippen LogP contribution in [-0.4, -0.2) is 27.8 Å². The standard InChI is InChI=1S/C11H8ClF3N2O2/c12-7-3-5(13)1-2-6(7)11-16-9(19-17-11)4-8(18)10(14)15/h1-3,8,10,18H,4H2. The molecule has 1 unspecified atom stereocenters. The Morgan fingerprint density at radius 1 is 1.37 bits per heavy atom. The molecule has 2 rings (SSSR count). The number of hydrogen-bond acceptors (Lipinski definition) is 4. The molecule has 0 aliphatic heterocycles. The molecule has 1 aromatic carbocycles. The molecule has 0 aliphatic rings. The molecule has 8 heteroatoms. The van der Waals surface area contributed by atoms with E-state index in [4.69, 9.17) is 21.2 Å². The molecule has 1 N–H and O–H groups in total. The first-order valence-electron chi connectivity index (χ1n) is 5.21. The molecular weight excluding hydrogens is 285 g/mol. The zero-order valence-corrected chi connectivity index (χ0v) is 10.1. The predicted molar refractivity (Wildman–Crippen MR) is 60.4 cm³/mol. The molecule has 102 valence electrons. The van der Waals surface area contributed by atoms with Gasteiger partial charge in [-0.15, -0.1) is 0 Å². The van der Waals surface area contributed by atoms with Crippen molar-refractivity contribution in [2.24, 2.45) is 0 Å². The molecule has 0 aliphatic carbocycles. The first kappa shape index (κ1) is 13.8. The second kappa shape index (κ2) is 5.58. The first-order valence-corrected chi connectivity index (χ1v) is 5.59. The van der Waals surface area contributed by atoms with Crippen molar-refractivity contribution < 1.29 is 22.8 Å². The summed E-state index contributed by atoms with van der Waals surface area (Å²) in [5, 5.41) is 12.6. The molecule has 4 nitrogen and oxygen atoms in total. The minimum Gasteiger partial charge on any atom is -0.387 e. The summed E-state index contributed by atoms with van der Waals surface area (Å²) in [5.74, 6) is -0.629. The summed E-state index contributed by atoms with van der Waals surface area (Å²) in [4.78, 5) is 3.82. The van der Waals surface area contributed by atoms with Gasteiger partial charge in [-0.05, 0) is 18.2 Å². The fourth-order valence-electron chi connectivity index (χ4n) is 1.39. The van der Waals surface area contributed by atoms with Crippen LogP contribution in [0.5, 0.6) is 0 Å². The molecule has 0 bridgehead atoms. The van der Waals surface area contributed by atoms with E-state index in [1.807, 2.05) is 0 Å². The number of rotatable bonds is 4. The molecule has 2 aromatic rings. The van der Waals surface area contributed by atoms with Crippen LogP contribution in [0.25, 0.3) is 11.4 Å². The maximum atomic E-state index is 12.9. The number of aliphatic hydroxyl groups is 1. The van der Waals surface area contributed by atoms with E-state index >= 15 is 0 Å². The summed E-state index contributed by atoms with van der Waals surface area (Å²) in [6, 6.07) is 3.57. The minimum absolute atomic E-state index is 0.0430. The van der Waals surface area contributed by atoms with Crippen molar-refractivity contribution in [3.8, 4) is 11.4 Å². The van der Waals surface area contributed by atoms with Gasteiger partial charge >= 0.3 is 0 Å². The molecule has 0 amide bonds. The number of aromatic nitrogens is 2. The first-order chi connectivity index (χ1) is 8.97. The average molecular weight is 293 g/mol. The van der Waals surface area contributed by atoms with E-state index in [-0.39, 0.29) is 16.7 Å². The van der Waals surface area contributed by atoms with Crippen LogP contribution < -0.4 is 0 Å². The normalized spacial score (nSPS) is 12.9. The van der Waals surface area contributed by atoms with Gasteiger partial charge in [0.15, 0.2) is 0 Å². The van der Waals surface area contributed by atoms with Gasteiger partial charge in [-0.3, -0.25) is 0 Å². The molecule has 0 saturated heterocycles. The van der Waals surface area contributed by atoms with E-state index in [0.717, 1.165) is 12.1 Å². The highest BCUT2D eigenvalue weighted by atomic mass is 35.5. The number of benzene rings is 1.